The largest absolute Gasteiger partial charge is 0.407 e. The normalized spacial score (nSPS) is 14.4. The van der Waals surface area contributed by atoms with Gasteiger partial charge in [0.1, 0.15) is 6.79 Å². The highest BCUT2D eigenvalue weighted by Crippen LogP contribution is 2.37. The predicted octanol–water partition coefficient (Wildman–Crippen LogP) is 4.78. The third-order valence-corrected chi connectivity index (χ3v) is 11.7. The molecule has 172 valence electrons. The van der Waals surface area contributed by atoms with Crippen molar-refractivity contribution in [2.75, 3.05) is 32.0 Å². The second kappa shape index (κ2) is 13.1. The van der Waals surface area contributed by atoms with Crippen LogP contribution in [0.3, 0.4) is 0 Å². The molecule has 0 bridgehead atoms. The standard InChI is InChI=1S/C25H37IO4Si/c1-25(2,3)31(23-12-8-6-9-13-23,24-14-10-7-11-15-24)30-17-16-21(29-20-27-4)18-22(19-26)28-5/h6-15,21-22H,16-20H2,1-5H3/t21-,22-/m1/s1. The molecule has 2 aromatic carbocycles. The van der Waals surface area contributed by atoms with E-state index in [1.165, 1.54) is 10.4 Å². The van der Waals surface area contributed by atoms with Gasteiger partial charge in [-0.3, -0.25) is 0 Å². The van der Waals surface area contributed by atoms with E-state index in [1.54, 1.807) is 14.2 Å². The van der Waals surface area contributed by atoms with Crippen LogP contribution in [0.1, 0.15) is 33.6 Å². The number of rotatable bonds is 13. The van der Waals surface area contributed by atoms with Gasteiger partial charge in [0.25, 0.3) is 8.32 Å². The smallest absolute Gasteiger partial charge is 0.261 e. The third-order valence-electron chi connectivity index (χ3n) is 5.63. The minimum Gasteiger partial charge on any atom is -0.407 e. The Morgan fingerprint density at radius 1 is 0.871 bits per heavy atom. The number of alkyl halides is 1. The van der Waals surface area contributed by atoms with Crippen molar-refractivity contribution in [2.24, 2.45) is 0 Å². The Hall–Kier alpha value is -0.773. The van der Waals surface area contributed by atoms with E-state index in [9.17, 15) is 0 Å². The average molecular weight is 557 g/mol. The fourth-order valence-corrected chi connectivity index (χ4v) is 9.35. The van der Waals surface area contributed by atoms with Crippen molar-refractivity contribution in [1.29, 1.82) is 0 Å². The van der Waals surface area contributed by atoms with Crippen molar-refractivity contribution in [2.45, 2.75) is 50.9 Å². The predicted molar refractivity (Wildman–Crippen MR) is 139 cm³/mol. The van der Waals surface area contributed by atoms with Crippen molar-refractivity contribution in [3.05, 3.63) is 60.7 Å². The number of hydrogen-bond acceptors (Lipinski definition) is 4. The van der Waals surface area contributed by atoms with Gasteiger partial charge in [-0.1, -0.05) is 104 Å². The molecule has 0 saturated carbocycles. The van der Waals surface area contributed by atoms with Gasteiger partial charge in [-0.05, 0) is 21.8 Å². The minimum absolute atomic E-state index is 0.0258. The number of benzene rings is 2. The first-order chi connectivity index (χ1) is 14.9. The van der Waals surface area contributed by atoms with Gasteiger partial charge in [0.15, 0.2) is 0 Å². The minimum atomic E-state index is -2.52. The molecule has 0 N–H and O–H groups in total. The monoisotopic (exact) mass is 556 g/mol. The van der Waals surface area contributed by atoms with E-state index in [4.69, 9.17) is 18.6 Å². The Labute approximate surface area is 202 Å². The van der Waals surface area contributed by atoms with Gasteiger partial charge in [-0.2, -0.15) is 0 Å². The van der Waals surface area contributed by atoms with E-state index < -0.39 is 8.32 Å². The van der Waals surface area contributed by atoms with Crippen LogP contribution in [-0.4, -0.2) is 52.6 Å². The lowest BCUT2D eigenvalue weighted by atomic mass is 10.1. The maximum atomic E-state index is 7.00. The van der Waals surface area contributed by atoms with Crippen LogP contribution in [0.2, 0.25) is 5.04 Å². The Bertz CT molecular complexity index is 693. The van der Waals surface area contributed by atoms with E-state index >= 15 is 0 Å². The lowest BCUT2D eigenvalue weighted by molar-refractivity contribution is -0.0902. The fourth-order valence-electron chi connectivity index (χ4n) is 4.05. The molecule has 0 fully saturated rings. The Kier molecular flexibility index (Phi) is 11.2. The molecule has 0 aliphatic carbocycles. The molecule has 0 amide bonds. The highest BCUT2D eigenvalue weighted by molar-refractivity contribution is 14.1. The number of methoxy groups -OCH3 is 2. The van der Waals surface area contributed by atoms with Crippen LogP contribution in [-0.2, 0) is 18.6 Å². The highest BCUT2D eigenvalue weighted by Gasteiger charge is 2.50. The van der Waals surface area contributed by atoms with Crippen LogP contribution in [0.4, 0.5) is 0 Å². The van der Waals surface area contributed by atoms with Gasteiger partial charge in [-0.25, -0.2) is 0 Å². The third kappa shape index (κ3) is 7.10. The van der Waals surface area contributed by atoms with Crippen molar-refractivity contribution >= 4 is 41.3 Å². The van der Waals surface area contributed by atoms with E-state index in [0.717, 1.165) is 17.3 Å². The molecule has 4 nitrogen and oxygen atoms in total. The van der Waals surface area contributed by atoms with Gasteiger partial charge in [0, 0.05) is 31.7 Å². The zero-order chi connectivity index (χ0) is 22.7. The van der Waals surface area contributed by atoms with Gasteiger partial charge < -0.3 is 18.6 Å². The van der Waals surface area contributed by atoms with Crippen LogP contribution >= 0.6 is 22.6 Å². The molecule has 0 aliphatic rings. The lowest BCUT2D eigenvalue weighted by Gasteiger charge is -2.43. The first-order valence-corrected chi connectivity index (χ1v) is 14.3. The van der Waals surface area contributed by atoms with E-state index in [2.05, 4.69) is 104 Å². The molecule has 0 saturated heterocycles. The molecule has 0 unspecified atom stereocenters. The van der Waals surface area contributed by atoms with Crippen molar-refractivity contribution in [1.82, 2.24) is 0 Å². The zero-order valence-corrected chi connectivity index (χ0v) is 22.6. The second-order valence-corrected chi connectivity index (χ2v) is 13.9. The summed E-state index contributed by atoms with van der Waals surface area (Å²) in [7, 11) is 0.891. The summed E-state index contributed by atoms with van der Waals surface area (Å²) in [6, 6.07) is 21.5. The average Bonchev–Trinajstić information content (AvgIpc) is 2.78. The first-order valence-electron chi connectivity index (χ1n) is 10.8. The molecule has 0 aromatic heterocycles. The highest BCUT2D eigenvalue weighted by atomic mass is 127. The van der Waals surface area contributed by atoms with E-state index in [0.29, 0.717) is 6.61 Å². The quantitative estimate of drug-likeness (QED) is 0.154. The van der Waals surface area contributed by atoms with E-state index in [1.807, 2.05) is 0 Å². The Morgan fingerprint density at radius 2 is 1.42 bits per heavy atom. The van der Waals surface area contributed by atoms with Gasteiger partial charge in [0.05, 0.1) is 12.2 Å². The summed E-state index contributed by atoms with van der Waals surface area (Å²) in [5.74, 6) is 0. The maximum absolute atomic E-state index is 7.00. The summed E-state index contributed by atoms with van der Waals surface area (Å²) in [5.41, 5.74) is 0. The lowest BCUT2D eigenvalue weighted by Crippen LogP contribution is -2.66. The molecule has 2 rings (SSSR count). The van der Waals surface area contributed by atoms with Crippen LogP contribution in [0.25, 0.3) is 0 Å². The Morgan fingerprint density at radius 3 is 1.84 bits per heavy atom. The molecule has 2 aromatic rings. The number of halogens is 1. The zero-order valence-electron chi connectivity index (χ0n) is 19.5. The molecular formula is C25H37IO4Si. The number of hydrogen-bond donors (Lipinski definition) is 0. The van der Waals surface area contributed by atoms with Crippen LogP contribution in [0.15, 0.2) is 60.7 Å². The summed E-state index contributed by atoms with van der Waals surface area (Å²) >= 11 is 2.36. The molecular weight excluding hydrogens is 519 g/mol. The van der Waals surface area contributed by atoms with Crippen LogP contribution in [0, 0.1) is 0 Å². The van der Waals surface area contributed by atoms with Crippen LogP contribution in [0.5, 0.6) is 0 Å². The molecule has 0 spiro atoms. The van der Waals surface area contributed by atoms with Gasteiger partial charge in [-0.15, -0.1) is 0 Å². The van der Waals surface area contributed by atoms with Gasteiger partial charge >= 0.3 is 0 Å². The molecule has 0 radical (unpaired) electrons. The molecule has 0 heterocycles. The van der Waals surface area contributed by atoms with E-state index in [-0.39, 0.29) is 24.0 Å². The molecule has 2 atom stereocenters. The maximum Gasteiger partial charge on any atom is 0.261 e. The summed E-state index contributed by atoms with van der Waals surface area (Å²) in [5, 5.41) is 2.56. The molecule has 31 heavy (non-hydrogen) atoms. The van der Waals surface area contributed by atoms with Gasteiger partial charge in [0.2, 0.25) is 0 Å². The van der Waals surface area contributed by atoms with Crippen molar-refractivity contribution < 1.29 is 18.6 Å². The summed E-state index contributed by atoms with van der Waals surface area (Å²) in [6.45, 7) is 7.81. The summed E-state index contributed by atoms with van der Waals surface area (Å²) in [4.78, 5) is 0. The Balaban J connectivity index is 2.31. The van der Waals surface area contributed by atoms with Crippen LogP contribution < -0.4 is 10.4 Å². The summed E-state index contributed by atoms with van der Waals surface area (Å²) in [6.07, 6.45) is 1.81. The van der Waals surface area contributed by atoms with Crippen molar-refractivity contribution in [3.8, 4) is 0 Å². The molecule has 0 aliphatic heterocycles. The topological polar surface area (TPSA) is 36.9 Å². The first kappa shape index (κ1) is 26.5. The van der Waals surface area contributed by atoms with Crippen molar-refractivity contribution in [3.63, 3.8) is 0 Å². The SMILES string of the molecule is COCO[C@H](CCO[Si](c1ccccc1)(c1ccccc1)C(C)(C)C)C[C@H](CI)OC. The summed E-state index contributed by atoms with van der Waals surface area (Å²) < 4.78 is 24.6. The fraction of sp³-hybridized carbons (Fsp3) is 0.520. The molecule has 6 heteroatoms. The number of ether oxygens (including phenoxy) is 3. The second-order valence-electron chi connectivity index (χ2n) is 8.74.